The van der Waals surface area contributed by atoms with E-state index in [1.807, 2.05) is 0 Å². The maximum Gasteiger partial charge on any atom is 0.127 e. The molecule has 2 heterocycles. The van der Waals surface area contributed by atoms with Crippen LogP contribution in [0.1, 0.15) is 30.9 Å². The molecule has 2 nitrogen and oxygen atoms in total. The van der Waals surface area contributed by atoms with Crippen molar-refractivity contribution in [2.75, 3.05) is 13.2 Å². The number of nitrogens with zero attached hydrogens (tertiary/aromatic N) is 1. The number of fused-ring (bicyclic) bond motifs is 1. The molecule has 1 atom stereocenters. The maximum absolute atomic E-state index is 5.78. The van der Waals surface area contributed by atoms with Crippen molar-refractivity contribution in [2.45, 2.75) is 38.8 Å². The molecule has 3 heteroatoms. The van der Waals surface area contributed by atoms with E-state index in [0.29, 0.717) is 6.04 Å². The van der Waals surface area contributed by atoms with E-state index in [1.165, 1.54) is 35.0 Å². The second-order valence-electron chi connectivity index (χ2n) is 5.11. The number of hydrogen-bond acceptors (Lipinski definition) is 2. The summed E-state index contributed by atoms with van der Waals surface area (Å²) in [7, 11) is 0. The summed E-state index contributed by atoms with van der Waals surface area (Å²) in [5.41, 5.74) is 2.71. The molecule has 1 aromatic carbocycles. The average molecular weight is 296 g/mol. The Kier molecular flexibility index (Phi) is 3.14. The largest absolute Gasteiger partial charge is 0.493 e. The highest BCUT2D eigenvalue weighted by atomic mass is 79.9. The predicted molar refractivity (Wildman–Crippen MR) is 72.4 cm³/mol. The molecule has 0 aromatic heterocycles. The van der Waals surface area contributed by atoms with Gasteiger partial charge in [-0.15, -0.1) is 0 Å². The molecular weight excluding hydrogens is 278 g/mol. The molecule has 92 valence electrons. The zero-order chi connectivity index (χ0) is 11.8. The summed E-state index contributed by atoms with van der Waals surface area (Å²) in [5, 5.41) is 0. The van der Waals surface area contributed by atoms with Gasteiger partial charge in [0.25, 0.3) is 0 Å². The second kappa shape index (κ2) is 4.62. The lowest BCUT2D eigenvalue weighted by molar-refractivity contribution is 0.254. The van der Waals surface area contributed by atoms with Gasteiger partial charge >= 0.3 is 0 Å². The van der Waals surface area contributed by atoms with E-state index in [4.69, 9.17) is 4.74 Å². The summed E-state index contributed by atoms with van der Waals surface area (Å²) in [4.78, 5) is 2.56. The molecule has 0 aliphatic carbocycles. The zero-order valence-electron chi connectivity index (χ0n) is 10.2. The first-order chi connectivity index (χ1) is 8.24. The van der Waals surface area contributed by atoms with E-state index < -0.39 is 0 Å². The van der Waals surface area contributed by atoms with Crippen LogP contribution in [0.15, 0.2) is 16.6 Å². The van der Waals surface area contributed by atoms with Gasteiger partial charge in [0.05, 0.1) is 6.61 Å². The van der Waals surface area contributed by atoms with Gasteiger partial charge in [0, 0.05) is 29.0 Å². The normalized spacial score (nSPS) is 23.8. The lowest BCUT2D eigenvalue weighted by atomic mass is 10.1. The fourth-order valence-electron chi connectivity index (χ4n) is 2.91. The molecule has 0 radical (unpaired) electrons. The van der Waals surface area contributed by atoms with Crippen LogP contribution < -0.4 is 4.74 Å². The van der Waals surface area contributed by atoms with Crippen LogP contribution in [0.4, 0.5) is 0 Å². The SMILES string of the molecule is CC1CCCN1Cc1cc(Br)cc2c1OCC2. The van der Waals surface area contributed by atoms with Crippen LogP contribution in [-0.2, 0) is 13.0 Å². The first-order valence-electron chi connectivity index (χ1n) is 6.42. The van der Waals surface area contributed by atoms with Crippen molar-refractivity contribution >= 4 is 15.9 Å². The van der Waals surface area contributed by atoms with Gasteiger partial charge < -0.3 is 4.74 Å². The molecule has 0 N–H and O–H groups in total. The first-order valence-corrected chi connectivity index (χ1v) is 7.21. The van der Waals surface area contributed by atoms with Crippen molar-refractivity contribution in [3.8, 4) is 5.75 Å². The Morgan fingerprint density at radius 3 is 3.12 bits per heavy atom. The van der Waals surface area contributed by atoms with E-state index in [0.717, 1.165) is 25.3 Å². The molecule has 0 amide bonds. The van der Waals surface area contributed by atoms with Crippen LogP contribution in [0, 0.1) is 0 Å². The highest BCUT2D eigenvalue weighted by molar-refractivity contribution is 9.10. The van der Waals surface area contributed by atoms with Gasteiger partial charge in [0.1, 0.15) is 5.75 Å². The standard InChI is InChI=1S/C14H18BrNO/c1-10-3-2-5-16(10)9-12-8-13(15)7-11-4-6-17-14(11)12/h7-8,10H,2-6,9H2,1H3. The third-order valence-electron chi connectivity index (χ3n) is 3.89. The number of likely N-dealkylation sites (tertiary alicyclic amines) is 1. The quantitative estimate of drug-likeness (QED) is 0.829. The minimum atomic E-state index is 0.714. The van der Waals surface area contributed by atoms with Gasteiger partial charge in [-0.1, -0.05) is 15.9 Å². The Hall–Kier alpha value is -0.540. The van der Waals surface area contributed by atoms with Gasteiger partial charge in [0.15, 0.2) is 0 Å². The number of rotatable bonds is 2. The summed E-state index contributed by atoms with van der Waals surface area (Å²) in [6.07, 6.45) is 3.71. The van der Waals surface area contributed by atoms with Crippen molar-refractivity contribution in [3.63, 3.8) is 0 Å². The third-order valence-corrected chi connectivity index (χ3v) is 4.35. The van der Waals surface area contributed by atoms with E-state index in [9.17, 15) is 0 Å². The molecule has 0 spiro atoms. The van der Waals surface area contributed by atoms with Crippen LogP contribution in [-0.4, -0.2) is 24.1 Å². The van der Waals surface area contributed by atoms with Crippen molar-refractivity contribution in [3.05, 3.63) is 27.7 Å². The summed E-state index contributed by atoms with van der Waals surface area (Å²) >= 11 is 3.61. The van der Waals surface area contributed by atoms with E-state index in [-0.39, 0.29) is 0 Å². The molecule has 17 heavy (non-hydrogen) atoms. The third kappa shape index (κ3) is 2.23. The van der Waals surface area contributed by atoms with Crippen LogP contribution in [0.3, 0.4) is 0 Å². The van der Waals surface area contributed by atoms with Crippen LogP contribution in [0.5, 0.6) is 5.75 Å². The smallest absolute Gasteiger partial charge is 0.127 e. The molecule has 1 fully saturated rings. The van der Waals surface area contributed by atoms with Gasteiger partial charge in [-0.2, -0.15) is 0 Å². The highest BCUT2D eigenvalue weighted by Gasteiger charge is 2.24. The van der Waals surface area contributed by atoms with E-state index in [1.54, 1.807) is 0 Å². The van der Waals surface area contributed by atoms with Gasteiger partial charge in [-0.05, 0) is 44.0 Å². The zero-order valence-corrected chi connectivity index (χ0v) is 11.8. The van der Waals surface area contributed by atoms with Crippen molar-refractivity contribution in [2.24, 2.45) is 0 Å². The Morgan fingerprint density at radius 2 is 2.35 bits per heavy atom. The number of hydrogen-bond donors (Lipinski definition) is 0. The Balaban J connectivity index is 1.87. The van der Waals surface area contributed by atoms with Crippen molar-refractivity contribution in [1.82, 2.24) is 4.90 Å². The molecule has 1 saturated heterocycles. The fraction of sp³-hybridized carbons (Fsp3) is 0.571. The summed E-state index contributed by atoms with van der Waals surface area (Å²) in [6, 6.07) is 5.13. The van der Waals surface area contributed by atoms with Crippen LogP contribution in [0.2, 0.25) is 0 Å². The van der Waals surface area contributed by atoms with Crippen molar-refractivity contribution < 1.29 is 4.74 Å². The topological polar surface area (TPSA) is 12.5 Å². The summed E-state index contributed by atoms with van der Waals surface area (Å²) in [6.45, 7) is 5.42. The van der Waals surface area contributed by atoms with Crippen molar-refractivity contribution in [1.29, 1.82) is 0 Å². The lowest BCUT2D eigenvalue weighted by Gasteiger charge is -2.22. The maximum atomic E-state index is 5.78. The molecule has 1 unspecified atom stereocenters. The van der Waals surface area contributed by atoms with Crippen LogP contribution in [0.25, 0.3) is 0 Å². The highest BCUT2D eigenvalue weighted by Crippen LogP contribution is 2.34. The van der Waals surface area contributed by atoms with E-state index >= 15 is 0 Å². The monoisotopic (exact) mass is 295 g/mol. The summed E-state index contributed by atoms with van der Waals surface area (Å²) in [5.74, 6) is 1.15. The molecule has 1 aromatic rings. The summed E-state index contributed by atoms with van der Waals surface area (Å²) < 4.78 is 6.97. The molecule has 2 aliphatic heterocycles. The second-order valence-corrected chi connectivity index (χ2v) is 6.03. The lowest BCUT2D eigenvalue weighted by Crippen LogP contribution is -2.26. The fourth-order valence-corrected chi connectivity index (χ4v) is 3.46. The molecule has 2 aliphatic rings. The molecular formula is C14H18BrNO. The Morgan fingerprint density at radius 1 is 1.47 bits per heavy atom. The molecule has 0 bridgehead atoms. The predicted octanol–water partition coefficient (Wildman–Crippen LogP) is 3.37. The minimum Gasteiger partial charge on any atom is -0.493 e. The van der Waals surface area contributed by atoms with E-state index in [2.05, 4.69) is 39.9 Å². The Labute approximate surface area is 111 Å². The minimum absolute atomic E-state index is 0.714. The number of ether oxygens (including phenoxy) is 1. The number of halogens is 1. The molecule has 3 rings (SSSR count). The Bertz CT molecular complexity index is 432. The first kappa shape index (κ1) is 11.5. The van der Waals surface area contributed by atoms with Gasteiger partial charge in [-0.3, -0.25) is 4.90 Å². The van der Waals surface area contributed by atoms with Gasteiger partial charge in [0.2, 0.25) is 0 Å². The van der Waals surface area contributed by atoms with Gasteiger partial charge in [-0.25, -0.2) is 0 Å². The van der Waals surface area contributed by atoms with Crippen LogP contribution >= 0.6 is 15.9 Å². The number of benzene rings is 1. The average Bonchev–Trinajstić information content (AvgIpc) is 2.88. The molecule has 0 saturated carbocycles.